The van der Waals surface area contributed by atoms with Crippen molar-refractivity contribution in [1.82, 2.24) is 23.9 Å². The number of hydrogen-bond donors (Lipinski definition) is 1. The van der Waals surface area contributed by atoms with Gasteiger partial charge in [-0.1, -0.05) is 13.8 Å². The molecule has 3 heterocycles. The number of rotatable bonds is 1. The second-order valence-corrected chi connectivity index (χ2v) is 3.99. The molecular formula is C12H17N5O. The Kier molecular flexibility index (Phi) is 3.18. The molecule has 18 heavy (non-hydrogen) atoms. The molecule has 0 atom stereocenters. The Morgan fingerprint density at radius 3 is 2.67 bits per heavy atom. The third-order valence-electron chi connectivity index (χ3n) is 2.64. The molecule has 0 radical (unpaired) electrons. The summed E-state index contributed by atoms with van der Waals surface area (Å²) in [5.74, 6) is 0.542. The Labute approximate surface area is 104 Å². The summed E-state index contributed by atoms with van der Waals surface area (Å²) in [5.41, 5.74) is 1.03. The quantitative estimate of drug-likeness (QED) is 0.715. The molecule has 0 aliphatic carbocycles. The van der Waals surface area contributed by atoms with Crippen LogP contribution in [0.25, 0.3) is 16.9 Å². The second kappa shape index (κ2) is 4.64. The number of aromatic amines is 1. The predicted octanol–water partition coefficient (Wildman–Crippen LogP) is 1.98. The number of nitrogens with zero attached hydrogens (tertiary/aromatic N) is 4. The molecule has 96 valence electrons. The first-order valence-electron chi connectivity index (χ1n) is 6.10. The van der Waals surface area contributed by atoms with Gasteiger partial charge in [-0.05, 0) is 13.8 Å². The van der Waals surface area contributed by atoms with Crippen LogP contribution in [0.15, 0.2) is 23.5 Å². The molecule has 0 fully saturated rings. The van der Waals surface area contributed by atoms with E-state index in [-0.39, 0.29) is 11.6 Å². The van der Waals surface area contributed by atoms with Crippen molar-refractivity contribution in [3.05, 3.63) is 29.1 Å². The first kappa shape index (κ1) is 12.3. The number of hydrogen-bond acceptors (Lipinski definition) is 3. The number of H-pyrrole nitrogens is 1. The molecule has 6 heteroatoms. The second-order valence-electron chi connectivity index (χ2n) is 3.99. The molecule has 0 bridgehead atoms. The van der Waals surface area contributed by atoms with Crippen LogP contribution in [0.4, 0.5) is 0 Å². The fourth-order valence-electron chi connectivity index (χ4n) is 1.81. The van der Waals surface area contributed by atoms with E-state index in [2.05, 4.69) is 15.0 Å². The van der Waals surface area contributed by atoms with Crippen LogP contribution in [-0.2, 0) is 0 Å². The van der Waals surface area contributed by atoms with Gasteiger partial charge in [-0.2, -0.15) is 0 Å². The van der Waals surface area contributed by atoms with Crippen molar-refractivity contribution >= 4 is 16.9 Å². The molecule has 0 aromatic carbocycles. The van der Waals surface area contributed by atoms with Crippen molar-refractivity contribution in [2.24, 2.45) is 0 Å². The highest BCUT2D eigenvalue weighted by Crippen LogP contribution is 2.12. The van der Waals surface area contributed by atoms with Gasteiger partial charge in [-0.3, -0.25) is 4.79 Å². The molecule has 6 nitrogen and oxygen atoms in total. The van der Waals surface area contributed by atoms with Crippen LogP contribution in [0.5, 0.6) is 0 Å². The van der Waals surface area contributed by atoms with Crippen LogP contribution < -0.4 is 5.56 Å². The lowest BCUT2D eigenvalue weighted by Gasteiger charge is -2.07. The van der Waals surface area contributed by atoms with E-state index in [0.717, 1.165) is 5.65 Å². The first-order valence-corrected chi connectivity index (χ1v) is 6.10. The Morgan fingerprint density at radius 1 is 1.28 bits per heavy atom. The van der Waals surface area contributed by atoms with E-state index in [1.165, 1.54) is 4.40 Å². The van der Waals surface area contributed by atoms with Gasteiger partial charge in [-0.15, -0.1) is 0 Å². The molecule has 0 saturated carbocycles. The molecule has 0 saturated heterocycles. The molecule has 0 aliphatic rings. The highest BCUT2D eigenvalue weighted by molar-refractivity contribution is 5.71. The highest BCUT2D eigenvalue weighted by atomic mass is 16.1. The Morgan fingerprint density at radius 2 is 2.00 bits per heavy atom. The zero-order chi connectivity index (χ0) is 13.3. The molecule has 3 rings (SSSR count). The first-order chi connectivity index (χ1) is 8.68. The van der Waals surface area contributed by atoms with Crippen LogP contribution in [0, 0.1) is 0 Å². The van der Waals surface area contributed by atoms with Gasteiger partial charge in [0.25, 0.3) is 5.56 Å². The molecule has 0 unspecified atom stereocenters. The number of nitrogens with one attached hydrogen (secondary N) is 1. The topological polar surface area (TPSA) is 68.0 Å². The Balaban J connectivity index is 0.000000574. The van der Waals surface area contributed by atoms with E-state index >= 15 is 0 Å². The lowest BCUT2D eigenvalue weighted by molar-refractivity contribution is 0.613. The van der Waals surface area contributed by atoms with Gasteiger partial charge in [0.1, 0.15) is 5.65 Å². The number of aromatic nitrogens is 5. The summed E-state index contributed by atoms with van der Waals surface area (Å²) in [6, 6.07) is 0.248. The maximum atomic E-state index is 12.0. The summed E-state index contributed by atoms with van der Waals surface area (Å²) in [5, 5.41) is 0. The van der Waals surface area contributed by atoms with Crippen LogP contribution in [0.1, 0.15) is 33.7 Å². The third kappa shape index (κ3) is 1.70. The van der Waals surface area contributed by atoms with Gasteiger partial charge >= 0.3 is 0 Å². The van der Waals surface area contributed by atoms with Crippen LogP contribution in [-0.4, -0.2) is 23.9 Å². The van der Waals surface area contributed by atoms with Gasteiger partial charge in [0.05, 0.1) is 6.33 Å². The SMILES string of the molecule is CC.CC(C)n1cnc2c(=O)n3ccnc3[nH]c21. The third-order valence-corrected chi connectivity index (χ3v) is 2.64. The van der Waals surface area contributed by atoms with E-state index in [9.17, 15) is 4.79 Å². The van der Waals surface area contributed by atoms with Gasteiger partial charge in [0, 0.05) is 18.4 Å². The smallest absolute Gasteiger partial charge is 0.287 e. The van der Waals surface area contributed by atoms with Crippen molar-refractivity contribution in [1.29, 1.82) is 0 Å². The minimum atomic E-state index is -0.138. The largest absolute Gasteiger partial charge is 0.314 e. The summed E-state index contributed by atoms with van der Waals surface area (Å²) < 4.78 is 3.38. The van der Waals surface area contributed by atoms with E-state index in [1.807, 2.05) is 32.3 Å². The van der Waals surface area contributed by atoms with Gasteiger partial charge in [-0.25, -0.2) is 14.4 Å². The fraction of sp³-hybridized carbons (Fsp3) is 0.417. The molecule has 0 amide bonds. The number of imidazole rings is 2. The zero-order valence-electron chi connectivity index (χ0n) is 11.0. The summed E-state index contributed by atoms with van der Waals surface area (Å²) in [7, 11) is 0. The van der Waals surface area contributed by atoms with Crippen LogP contribution in [0.3, 0.4) is 0 Å². The van der Waals surface area contributed by atoms with E-state index in [1.54, 1.807) is 18.7 Å². The fourth-order valence-corrected chi connectivity index (χ4v) is 1.81. The summed E-state index contributed by atoms with van der Waals surface area (Å²) in [4.78, 5) is 23.3. The molecular weight excluding hydrogens is 230 g/mol. The van der Waals surface area contributed by atoms with Crippen molar-refractivity contribution in [3.8, 4) is 0 Å². The maximum Gasteiger partial charge on any atom is 0.287 e. The van der Waals surface area contributed by atoms with Crippen LogP contribution >= 0.6 is 0 Å². The summed E-state index contributed by atoms with van der Waals surface area (Å²) >= 11 is 0. The normalized spacial score (nSPS) is 10.9. The average molecular weight is 247 g/mol. The lowest BCUT2D eigenvalue weighted by atomic mass is 10.4. The van der Waals surface area contributed by atoms with E-state index in [4.69, 9.17) is 0 Å². The van der Waals surface area contributed by atoms with E-state index in [0.29, 0.717) is 11.3 Å². The molecule has 3 aromatic heterocycles. The maximum absolute atomic E-state index is 12.0. The van der Waals surface area contributed by atoms with E-state index < -0.39 is 0 Å². The Hall–Kier alpha value is -2.11. The van der Waals surface area contributed by atoms with Crippen molar-refractivity contribution in [2.45, 2.75) is 33.7 Å². The standard InChI is InChI=1S/C10H11N5O.C2H6/c1-6(2)15-5-12-7-8(15)13-10-11-3-4-14(10)9(7)16;1-2/h3-6H,1-2H3,(H,11,13);1-2H3. The predicted molar refractivity (Wildman–Crippen MR) is 70.8 cm³/mol. The van der Waals surface area contributed by atoms with Gasteiger partial charge < -0.3 is 9.55 Å². The number of fused-ring (bicyclic) bond motifs is 2. The van der Waals surface area contributed by atoms with Crippen molar-refractivity contribution in [2.75, 3.05) is 0 Å². The van der Waals surface area contributed by atoms with Gasteiger partial charge in [0.2, 0.25) is 5.78 Å². The van der Waals surface area contributed by atoms with Crippen molar-refractivity contribution < 1.29 is 0 Å². The van der Waals surface area contributed by atoms with Crippen molar-refractivity contribution in [3.63, 3.8) is 0 Å². The highest BCUT2D eigenvalue weighted by Gasteiger charge is 2.12. The summed E-state index contributed by atoms with van der Waals surface area (Å²) in [6.45, 7) is 8.07. The minimum absolute atomic E-state index is 0.138. The molecule has 0 spiro atoms. The average Bonchev–Trinajstić information content (AvgIpc) is 2.98. The monoisotopic (exact) mass is 247 g/mol. The molecule has 1 N–H and O–H groups in total. The molecule has 3 aromatic rings. The molecule has 0 aliphatic heterocycles. The minimum Gasteiger partial charge on any atom is -0.314 e. The van der Waals surface area contributed by atoms with Gasteiger partial charge in [0.15, 0.2) is 5.52 Å². The summed E-state index contributed by atoms with van der Waals surface area (Å²) in [6.07, 6.45) is 4.89. The zero-order valence-corrected chi connectivity index (χ0v) is 11.0. The Bertz CT molecular complexity index is 719. The van der Waals surface area contributed by atoms with Crippen LogP contribution in [0.2, 0.25) is 0 Å². The lowest BCUT2D eigenvalue weighted by Crippen LogP contribution is -2.14.